The second-order valence-corrected chi connectivity index (χ2v) is 4.88. The Hall–Kier alpha value is -2.96. The molecule has 7 nitrogen and oxygen atoms in total. The summed E-state index contributed by atoms with van der Waals surface area (Å²) in [5, 5.41) is 7.06. The van der Waals surface area contributed by atoms with E-state index in [0.29, 0.717) is 6.54 Å². The summed E-state index contributed by atoms with van der Waals surface area (Å²) in [7, 11) is 0. The van der Waals surface area contributed by atoms with Gasteiger partial charge in [0.1, 0.15) is 6.04 Å². The third-order valence-electron chi connectivity index (χ3n) is 3.37. The lowest BCUT2D eigenvalue weighted by molar-refractivity contribution is -0.124. The Bertz CT molecular complexity index is 735. The highest BCUT2D eigenvalue weighted by atomic mass is 16.2. The van der Waals surface area contributed by atoms with Crippen LogP contribution in [0.5, 0.6) is 0 Å². The maximum Gasteiger partial charge on any atom is 0.243 e. The van der Waals surface area contributed by atoms with Gasteiger partial charge in [0.25, 0.3) is 0 Å². The van der Waals surface area contributed by atoms with Crippen molar-refractivity contribution in [3.63, 3.8) is 0 Å². The minimum absolute atomic E-state index is 0.0598. The smallest absolute Gasteiger partial charge is 0.243 e. The Morgan fingerprint density at radius 2 is 2.23 bits per heavy atom. The zero-order chi connectivity index (χ0) is 15.4. The van der Waals surface area contributed by atoms with Crippen molar-refractivity contribution in [2.45, 2.75) is 19.5 Å². The monoisotopic (exact) mass is 296 g/mol. The quantitative estimate of drug-likeness (QED) is 0.770. The molecule has 1 N–H and O–H groups in total. The van der Waals surface area contributed by atoms with Crippen LogP contribution in [0.2, 0.25) is 0 Å². The number of carbonyl (C=O) groups is 1. The molecule has 3 heterocycles. The molecule has 0 bridgehead atoms. The molecule has 0 fully saturated rings. The lowest BCUT2D eigenvalue weighted by atomic mass is 10.2. The van der Waals surface area contributed by atoms with E-state index in [4.69, 9.17) is 0 Å². The summed E-state index contributed by atoms with van der Waals surface area (Å²) in [4.78, 5) is 20.3. The number of nitrogens with one attached hydrogen (secondary N) is 1. The van der Waals surface area contributed by atoms with Gasteiger partial charge in [0.2, 0.25) is 5.91 Å². The zero-order valence-corrected chi connectivity index (χ0v) is 12.1. The molecule has 0 saturated heterocycles. The van der Waals surface area contributed by atoms with Gasteiger partial charge in [0.15, 0.2) is 5.82 Å². The number of carbonyl (C=O) groups excluding carboxylic acids is 1. The van der Waals surface area contributed by atoms with E-state index >= 15 is 0 Å². The van der Waals surface area contributed by atoms with E-state index in [1.165, 1.54) is 0 Å². The van der Waals surface area contributed by atoms with Gasteiger partial charge in [-0.1, -0.05) is 0 Å². The second-order valence-electron chi connectivity index (χ2n) is 4.88. The average Bonchev–Trinajstić information content (AvgIpc) is 3.24. The lowest BCUT2D eigenvalue weighted by Gasteiger charge is -2.13. The highest BCUT2D eigenvalue weighted by molar-refractivity contribution is 5.79. The fourth-order valence-corrected chi connectivity index (χ4v) is 2.07. The molecule has 0 radical (unpaired) electrons. The Morgan fingerprint density at radius 1 is 1.32 bits per heavy atom. The molecule has 3 rings (SSSR count). The van der Waals surface area contributed by atoms with Crippen molar-refractivity contribution >= 4 is 5.91 Å². The molecule has 0 aliphatic rings. The van der Waals surface area contributed by atoms with Gasteiger partial charge in [0.05, 0.1) is 6.33 Å². The number of rotatable bonds is 5. The molecule has 3 aromatic rings. The Morgan fingerprint density at radius 3 is 2.95 bits per heavy atom. The van der Waals surface area contributed by atoms with Crippen LogP contribution in [0.4, 0.5) is 0 Å². The fourth-order valence-electron chi connectivity index (χ4n) is 2.07. The number of aromatic nitrogens is 5. The first-order valence-electron chi connectivity index (χ1n) is 6.94. The van der Waals surface area contributed by atoms with Gasteiger partial charge in [-0.25, -0.2) is 14.6 Å². The minimum Gasteiger partial charge on any atom is -0.350 e. The van der Waals surface area contributed by atoms with E-state index in [2.05, 4.69) is 20.4 Å². The molecule has 0 unspecified atom stereocenters. The molecule has 22 heavy (non-hydrogen) atoms. The molecule has 0 aromatic carbocycles. The normalized spacial score (nSPS) is 12.0. The van der Waals surface area contributed by atoms with Crippen LogP contribution in [0, 0.1) is 0 Å². The van der Waals surface area contributed by atoms with Crippen molar-refractivity contribution < 1.29 is 4.79 Å². The van der Waals surface area contributed by atoms with Crippen LogP contribution in [-0.2, 0) is 11.3 Å². The fraction of sp³-hybridized carbons (Fsp3) is 0.200. The average molecular weight is 296 g/mol. The molecule has 0 saturated carbocycles. The maximum absolute atomic E-state index is 12.1. The van der Waals surface area contributed by atoms with Crippen molar-refractivity contribution in [1.82, 2.24) is 29.6 Å². The van der Waals surface area contributed by atoms with Crippen LogP contribution < -0.4 is 5.32 Å². The number of hydrogen-bond donors (Lipinski definition) is 1. The first kappa shape index (κ1) is 14.0. The molecule has 0 aliphatic heterocycles. The van der Waals surface area contributed by atoms with Crippen LogP contribution >= 0.6 is 0 Å². The van der Waals surface area contributed by atoms with Gasteiger partial charge in [-0.05, 0) is 30.7 Å². The number of amides is 1. The molecule has 0 spiro atoms. The first-order chi connectivity index (χ1) is 10.7. The molecule has 1 atom stereocenters. The summed E-state index contributed by atoms with van der Waals surface area (Å²) in [5.74, 6) is 0.662. The van der Waals surface area contributed by atoms with Gasteiger partial charge >= 0.3 is 0 Å². The molecule has 112 valence electrons. The number of nitrogens with zero attached hydrogens (tertiary/aromatic N) is 5. The van der Waals surface area contributed by atoms with E-state index in [-0.39, 0.29) is 11.9 Å². The van der Waals surface area contributed by atoms with Crippen molar-refractivity contribution in [2.24, 2.45) is 0 Å². The summed E-state index contributed by atoms with van der Waals surface area (Å²) in [5.41, 5.74) is 0.965. The Balaban J connectivity index is 1.64. The van der Waals surface area contributed by atoms with Crippen molar-refractivity contribution in [3.05, 3.63) is 61.1 Å². The van der Waals surface area contributed by atoms with Crippen molar-refractivity contribution in [2.75, 3.05) is 0 Å². The topological polar surface area (TPSA) is 77.6 Å². The van der Waals surface area contributed by atoms with Crippen molar-refractivity contribution in [1.29, 1.82) is 0 Å². The van der Waals surface area contributed by atoms with E-state index in [9.17, 15) is 4.79 Å². The van der Waals surface area contributed by atoms with Gasteiger partial charge in [-0.2, -0.15) is 5.10 Å². The minimum atomic E-state index is -0.296. The van der Waals surface area contributed by atoms with E-state index in [1.807, 2.05) is 31.3 Å². The van der Waals surface area contributed by atoms with Gasteiger partial charge in [-0.15, -0.1) is 0 Å². The summed E-state index contributed by atoms with van der Waals surface area (Å²) < 4.78 is 3.44. The number of pyridine rings is 1. The molecule has 3 aromatic heterocycles. The predicted molar refractivity (Wildman–Crippen MR) is 80.1 cm³/mol. The zero-order valence-electron chi connectivity index (χ0n) is 12.1. The third-order valence-corrected chi connectivity index (χ3v) is 3.37. The largest absolute Gasteiger partial charge is 0.350 e. The van der Waals surface area contributed by atoms with Gasteiger partial charge < -0.3 is 9.88 Å². The van der Waals surface area contributed by atoms with E-state index in [1.54, 1.807) is 40.4 Å². The Kier molecular flexibility index (Phi) is 3.95. The summed E-state index contributed by atoms with van der Waals surface area (Å²) >= 11 is 0. The second kappa shape index (κ2) is 6.21. The van der Waals surface area contributed by atoms with Crippen LogP contribution in [-0.4, -0.2) is 30.2 Å². The third kappa shape index (κ3) is 3.03. The number of hydrogen-bond acceptors (Lipinski definition) is 4. The molecular weight excluding hydrogens is 280 g/mol. The predicted octanol–water partition coefficient (Wildman–Crippen LogP) is 1.34. The van der Waals surface area contributed by atoms with Crippen LogP contribution in [0.15, 0.2) is 55.5 Å². The molecule has 0 aliphatic carbocycles. The highest BCUT2D eigenvalue weighted by Gasteiger charge is 2.13. The SMILES string of the molecule is C[C@@H](C(=O)NCc1ccnc(-n2cccn2)c1)n1ccnc1. The summed E-state index contributed by atoms with van der Waals surface area (Å²) in [6.45, 7) is 2.27. The van der Waals surface area contributed by atoms with E-state index < -0.39 is 0 Å². The van der Waals surface area contributed by atoms with Crippen LogP contribution in [0.1, 0.15) is 18.5 Å². The lowest BCUT2D eigenvalue weighted by Crippen LogP contribution is -2.30. The first-order valence-corrected chi connectivity index (χ1v) is 6.94. The molecule has 7 heteroatoms. The summed E-state index contributed by atoms with van der Waals surface area (Å²) in [6.07, 6.45) is 10.3. The van der Waals surface area contributed by atoms with Gasteiger partial charge in [0, 0.05) is 37.5 Å². The molecular formula is C15H16N6O. The maximum atomic E-state index is 12.1. The van der Waals surface area contributed by atoms with Crippen LogP contribution in [0.3, 0.4) is 0 Å². The number of imidazole rings is 1. The van der Waals surface area contributed by atoms with Crippen molar-refractivity contribution in [3.8, 4) is 5.82 Å². The van der Waals surface area contributed by atoms with Gasteiger partial charge in [-0.3, -0.25) is 4.79 Å². The summed E-state index contributed by atoms with van der Waals surface area (Å²) in [6, 6.07) is 5.31. The highest BCUT2D eigenvalue weighted by Crippen LogP contribution is 2.08. The van der Waals surface area contributed by atoms with E-state index in [0.717, 1.165) is 11.4 Å². The van der Waals surface area contributed by atoms with Crippen LogP contribution in [0.25, 0.3) is 5.82 Å². The Labute approximate surface area is 127 Å². The standard InChI is InChI=1S/C15H16N6O/c1-12(20-8-6-16-11-20)15(22)18-10-13-3-5-17-14(9-13)21-7-2-4-19-21/h2-9,11-12H,10H2,1H3,(H,18,22)/t12-/m0/s1. The molecule has 1 amide bonds.